The zero-order valence-corrected chi connectivity index (χ0v) is 9.45. The lowest BCUT2D eigenvalue weighted by atomic mass is 9.99. The van der Waals surface area contributed by atoms with Gasteiger partial charge in [-0.25, -0.2) is 4.39 Å². The van der Waals surface area contributed by atoms with Gasteiger partial charge in [-0.05, 0) is 12.1 Å². The summed E-state index contributed by atoms with van der Waals surface area (Å²) in [4.78, 5) is 23.7. The Balaban J connectivity index is 2.15. The standard InChI is InChI=1S/C11H9ClFNO3/c12-7-2-1-3-8(13)9(7)10(15)14-4-6(5-14)11(16)17/h1-3,6H,4-5H2,(H,16,17). The number of nitrogens with zero attached hydrogens (tertiary/aromatic N) is 1. The Labute approximate surface area is 102 Å². The molecule has 6 heteroatoms. The maximum Gasteiger partial charge on any atom is 0.310 e. The van der Waals surface area contributed by atoms with Crippen molar-refractivity contribution >= 4 is 23.5 Å². The summed E-state index contributed by atoms with van der Waals surface area (Å²) < 4.78 is 13.4. The third-order valence-corrected chi connectivity index (χ3v) is 3.01. The molecule has 90 valence electrons. The van der Waals surface area contributed by atoms with Gasteiger partial charge >= 0.3 is 5.97 Å². The van der Waals surface area contributed by atoms with Gasteiger partial charge in [0.25, 0.3) is 5.91 Å². The molecule has 4 nitrogen and oxygen atoms in total. The molecule has 17 heavy (non-hydrogen) atoms. The number of hydrogen-bond donors (Lipinski definition) is 1. The fourth-order valence-corrected chi connectivity index (χ4v) is 1.90. The highest BCUT2D eigenvalue weighted by Gasteiger charge is 2.37. The average molecular weight is 258 g/mol. The van der Waals surface area contributed by atoms with Gasteiger partial charge in [0.15, 0.2) is 0 Å². The monoisotopic (exact) mass is 257 g/mol. The van der Waals surface area contributed by atoms with Gasteiger partial charge in [0, 0.05) is 13.1 Å². The van der Waals surface area contributed by atoms with Crippen molar-refractivity contribution in [3.63, 3.8) is 0 Å². The molecular weight excluding hydrogens is 249 g/mol. The average Bonchev–Trinajstić information content (AvgIpc) is 2.13. The van der Waals surface area contributed by atoms with Gasteiger partial charge in [-0.2, -0.15) is 0 Å². The van der Waals surface area contributed by atoms with E-state index < -0.39 is 23.6 Å². The number of amides is 1. The van der Waals surface area contributed by atoms with Crippen LogP contribution >= 0.6 is 11.6 Å². The third-order valence-electron chi connectivity index (χ3n) is 2.69. The normalized spacial score (nSPS) is 15.5. The van der Waals surface area contributed by atoms with Gasteiger partial charge in [0.1, 0.15) is 5.82 Å². The number of likely N-dealkylation sites (tertiary alicyclic amines) is 1. The van der Waals surface area contributed by atoms with Crippen LogP contribution in [0.2, 0.25) is 5.02 Å². The van der Waals surface area contributed by atoms with E-state index in [0.717, 1.165) is 6.07 Å². The molecule has 1 N–H and O–H groups in total. The molecule has 1 aliphatic heterocycles. The summed E-state index contributed by atoms with van der Waals surface area (Å²) >= 11 is 5.74. The summed E-state index contributed by atoms with van der Waals surface area (Å²) in [7, 11) is 0. The molecule has 1 aromatic rings. The summed E-state index contributed by atoms with van der Waals surface area (Å²) in [5.41, 5.74) is -0.196. The molecule has 1 aliphatic rings. The van der Waals surface area contributed by atoms with E-state index in [4.69, 9.17) is 16.7 Å². The van der Waals surface area contributed by atoms with Crippen LogP contribution in [0.5, 0.6) is 0 Å². The van der Waals surface area contributed by atoms with Crippen molar-refractivity contribution in [1.82, 2.24) is 4.90 Å². The van der Waals surface area contributed by atoms with Gasteiger partial charge in [-0.15, -0.1) is 0 Å². The molecule has 1 fully saturated rings. The molecule has 0 spiro atoms. The van der Waals surface area contributed by atoms with Gasteiger partial charge in [-0.1, -0.05) is 17.7 Å². The van der Waals surface area contributed by atoms with Crippen molar-refractivity contribution in [2.45, 2.75) is 0 Å². The highest BCUT2D eigenvalue weighted by molar-refractivity contribution is 6.33. The Kier molecular flexibility index (Phi) is 3.02. The van der Waals surface area contributed by atoms with Crippen molar-refractivity contribution < 1.29 is 19.1 Å². The maximum absolute atomic E-state index is 13.4. The Bertz CT molecular complexity index is 465. The molecule has 1 heterocycles. The minimum absolute atomic E-state index is 0.0359. The lowest BCUT2D eigenvalue weighted by Gasteiger charge is -2.36. The van der Waals surface area contributed by atoms with Crippen LogP contribution < -0.4 is 0 Å². The van der Waals surface area contributed by atoms with Crippen LogP contribution in [0.3, 0.4) is 0 Å². The minimum atomic E-state index is -0.950. The molecule has 2 rings (SSSR count). The van der Waals surface area contributed by atoms with Gasteiger partial charge in [0.05, 0.1) is 16.5 Å². The van der Waals surface area contributed by atoms with Gasteiger partial charge < -0.3 is 10.0 Å². The first-order valence-electron chi connectivity index (χ1n) is 4.97. The van der Waals surface area contributed by atoms with E-state index in [-0.39, 0.29) is 23.7 Å². The molecule has 1 saturated heterocycles. The number of carboxylic acid groups (broad SMARTS) is 1. The van der Waals surface area contributed by atoms with Crippen LogP contribution in [0.15, 0.2) is 18.2 Å². The predicted octanol–water partition coefficient (Wildman–Crippen LogP) is 1.64. The maximum atomic E-state index is 13.4. The zero-order chi connectivity index (χ0) is 12.6. The second kappa shape index (κ2) is 4.33. The summed E-state index contributed by atoms with van der Waals surface area (Å²) in [5, 5.41) is 8.71. The number of hydrogen-bond acceptors (Lipinski definition) is 2. The lowest BCUT2D eigenvalue weighted by Crippen LogP contribution is -2.53. The van der Waals surface area contributed by atoms with Gasteiger partial charge in [-0.3, -0.25) is 9.59 Å². The first-order chi connectivity index (χ1) is 8.00. The molecular formula is C11H9ClFNO3. The molecule has 0 unspecified atom stereocenters. The molecule has 0 atom stereocenters. The van der Waals surface area contributed by atoms with Crippen LogP contribution in [-0.4, -0.2) is 35.0 Å². The van der Waals surface area contributed by atoms with E-state index in [2.05, 4.69) is 0 Å². The molecule has 0 aromatic heterocycles. The van der Waals surface area contributed by atoms with Crippen molar-refractivity contribution in [3.8, 4) is 0 Å². The van der Waals surface area contributed by atoms with E-state index >= 15 is 0 Å². The number of benzene rings is 1. The van der Waals surface area contributed by atoms with E-state index in [1.165, 1.54) is 17.0 Å². The first kappa shape index (κ1) is 11.9. The molecule has 1 amide bonds. The highest BCUT2D eigenvalue weighted by Crippen LogP contribution is 2.25. The second-order valence-electron chi connectivity index (χ2n) is 3.84. The summed E-state index contributed by atoms with van der Waals surface area (Å²) in [6.07, 6.45) is 0. The Morgan fingerprint density at radius 3 is 2.59 bits per heavy atom. The zero-order valence-electron chi connectivity index (χ0n) is 8.69. The molecule has 1 aromatic carbocycles. The Hall–Kier alpha value is -1.62. The lowest BCUT2D eigenvalue weighted by molar-refractivity contribution is -0.146. The quantitative estimate of drug-likeness (QED) is 0.876. The summed E-state index contributed by atoms with van der Waals surface area (Å²) in [6.45, 7) is 0.192. The predicted molar refractivity (Wildman–Crippen MR) is 58.4 cm³/mol. The smallest absolute Gasteiger partial charge is 0.310 e. The van der Waals surface area contributed by atoms with Crippen LogP contribution in [-0.2, 0) is 4.79 Å². The van der Waals surface area contributed by atoms with Crippen molar-refractivity contribution in [1.29, 1.82) is 0 Å². The number of carbonyl (C=O) groups excluding carboxylic acids is 1. The number of carbonyl (C=O) groups is 2. The van der Waals surface area contributed by atoms with Crippen molar-refractivity contribution in [3.05, 3.63) is 34.6 Å². The van der Waals surface area contributed by atoms with E-state index in [9.17, 15) is 14.0 Å². The second-order valence-corrected chi connectivity index (χ2v) is 4.25. The number of rotatable bonds is 2. The largest absolute Gasteiger partial charge is 0.481 e. The SMILES string of the molecule is O=C(O)C1CN(C(=O)c2c(F)cccc2Cl)C1. The number of halogens is 2. The minimum Gasteiger partial charge on any atom is -0.481 e. The van der Waals surface area contributed by atoms with E-state index in [1.54, 1.807) is 0 Å². The van der Waals surface area contributed by atoms with Crippen LogP contribution in [0.1, 0.15) is 10.4 Å². The van der Waals surface area contributed by atoms with Crippen molar-refractivity contribution in [2.24, 2.45) is 5.92 Å². The van der Waals surface area contributed by atoms with Crippen LogP contribution in [0.4, 0.5) is 4.39 Å². The Morgan fingerprint density at radius 2 is 2.06 bits per heavy atom. The van der Waals surface area contributed by atoms with Gasteiger partial charge in [0.2, 0.25) is 0 Å². The molecule has 0 radical (unpaired) electrons. The number of carboxylic acids is 1. The van der Waals surface area contributed by atoms with E-state index in [0.29, 0.717) is 0 Å². The Morgan fingerprint density at radius 1 is 1.41 bits per heavy atom. The first-order valence-corrected chi connectivity index (χ1v) is 5.34. The number of aliphatic carboxylic acids is 1. The fourth-order valence-electron chi connectivity index (χ4n) is 1.66. The van der Waals surface area contributed by atoms with Crippen LogP contribution in [0, 0.1) is 11.7 Å². The molecule has 0 bridgehead atoms. The molecule has 0 saturated carbocycles. The highest BCUT2D eigenvalue weighted by atomic mass is 35.5. The summed E-state index contributed by atoms with van der Waals surface area (Å²) in [5.74, 6) is -2.77. The third kappa shape index (κ3) is 2.10. The van der Waals surface area contributed by atoms with E-state index in [1.807, 2.05) is 0 Å². The molecule has 0 aliphatic carbocycles. The van der Waals surface area contributed by atoms with Crippen molar-refractivity contribution in [2.75, 3.05) is 13.1 Å². The fraction of sp³-hybridized carbons (Fsp3) is 0.273. The topological polar surface area (TPSA) is 57.6 Å². The summed E-state index contributed by atoms with van der Waals surface area (Å²) in [6, 6.07) is 3.98. The van der Waals surface area contributed by atoms with Crippen LogP contribution in [0.25, 0.3) is 0 Å².